The van der Waals surface area contributed by atoms with Crippen molar-refractivity contribution in [2.24, 2.45) is 34.0 Å². The van der Waals surface area contributed by atoms with Crippen molar-refractivity contribution in [2.75, 3.05) is 5.01 Å². The lowest BCUT2D eigenvalue weighted by Gasteiger charge is -2.35. The minimum absolute atomic E-state index is 0.450. The van der Waals surface area contributed by atoms with Crippen molar-refractivity contribution in [2.45, 2.75) is 24.9 Å². The summed E-state index contributed by atoms with van der Waals surface area (Å²) in [6, 6.07) is 11.5. The largest absolute Gasteiger partial charge is 0.242 e. The zero-order chi connectivity index (χ0) is 12.4. The highest BCUT2D eigenvalue weighted by atomic mass is 15.6. The Kier molecular flexibility index (Phi) is 1.86. The molecule has 3 nitrogen and oxygen atoms in total. The predicted octanol–water partition coefficient (Wildman–Crippen LogP) is 3.45. The maximum Gasteiger partial charge on any atom is 0.0988 e. The fourth-order valence-electron chi connectivity index (χ4n) is 4.99. The lowest BCUT2D eigenvalue weighted by molar-refractivity contribution is 0.238. The summed E-state index contributed by atoms with van der Waals surface area (Å²) in [6.07, 6.45) is 7.49. The van der Waals surface area contributed by atoms with Crippen molar-refractivity contribution in [3.05, 3.63) is 42.5 Å². The quantitative estimate of drug-likeness (QED) is 0.702. The third-order valence-corrected chi connectivity index (χ3v) is 5.66. The summed E-state index contributed by atoms with van der Waals surface area (Å²) in [7, 11) is 0. The van der Waals surface area contributed by atoms with Crippen LogP contribution >= 0.6 is 0 Å². The van der Waals surface area contributed by atoms with Gasteiger partial charge in [0.2, 0.25) is 0 Å². The molecule has 0 aromatic heterocycles. The van der Waals surface area contributed by atoms with Gasteiger partial charge >= 0.3 is 0 Å². The van der Waals surface area contributed by atoms with Gasteiger partial charge in [0.15, 0.2) is 0 Å². The van der Waals surface area contributed by atoms with Crippen LogP contribution in [0.2, 0.25) is 0 Å². The Bertz CT molecular complexity index is 565. The summed E-state index contributed by atoms with van der Waals surface area (Å²) >= 11 is 0. The first-order valence-corrected chi connectivity index (χ1v) is 7.35. The normalized spacial score (nSPS) is 44.9. The van der Waals surface area contributed by atoms with Gasteiger partial charge in [-0.1, -0.05) is 35.6 Å². The lowest BCUT2D eigenvalue weighted by Crippen LogP contribution is -2.44. The van der Waals surface area contributed by atoms with Gasteiger partial charge < -0.3 is 0 Å². The van der Waals surface area contributed by atoms with E-state index in [-0.39, 0.29) is 0 Å². The molecule has 2 fully saturated rings. The average Bonchev–Trinajstić information content (AvgIpc) is 3.17. The highest BCUT2D eigenvalue weighted by Crippen LogP contribution is 2.60. The molecule has 1 aromatic carbocycles. The Morgan fingerprint density at radius 2 is 1.95 bits per heavy atom. The number of benzene rings is 1. The van der Waals surface area contributed by atoms with Crippen LogP contribution in [0.4, 0.5) is 5.69 Å². The van der Waals surface area contributed by atoms with E-state index in [0.29, 0.717) is 12.1 Å². The maximum atomic E-state index is 4.62. The van der Waals surface area contributed by atoms with E-state index in [4.69, 9.17) is 0 Å². The molecule has 3 heteroatoms. The first-order chi connectivity index (χ1) is 9.43. The first kappa shape index (κ1) is 10.2. The van der Waals surface area contributed by atoms with Crippen LogP contribution in [0, 0.1) is 23.7 Å². The van der Waals surface area contributed by atoms with Crippen molar-refractivity contribution in [1.29, 1.82) is 0 Å². The second-order valence-electron chi connectivity index (χ2n) is 6.33. The number of rotatable bonds is 1. The molecule has 0 radical (unpaired) electrons. The van der Waals surface area contributed by atoms with E-state index in [1.165, 1.54) is 18.5 Å². The van der Waals surface area contributed by atoms with E-state index < -0.39 is 0 Å². The van der Waals surface area contributed by atoms with Gasteiger partial charge in [-0.15, -0.1) is 0 Å². The number of anilines is 1. The van der Waals surface area contributed by atoms with Gasteiger partial charge in [0, 0.05) is 0 Å². The van der Waals surface area contributed by atoms with E-state index in [1.54, 1.807) is 0 Å². The van der Waals surface area contributed by atoms with E-state index in [9.17, 15) is 0 Å². The van der Waals surface area contributed by atoms with Gasteiger partial charge in [0.1, 0.15) is 0 Å². The number of hydrogen-bond acceptors (Lipinski definition) is 3. The molecular weight excluding hydrogens is 234 g/mol. The molecule has 6 atom stereocenters. The number of allylic oxidation sites excluding steroid dienone is 2. The van der Waals surface area contributed by atoms with E-state index in [2.05, 4.69) is 57.8 Å². The molecule has 0 spiro atoms. The molecule has 0 saturated heterocycles. The van der Waals surface area contributed by atoms with Crippen molar-refractivity contribution >= 4 is 5.69 Å². The summed E-state index contributed by atoms with van der Waals surface area (Å²) in [5.74, 6) is 3.18. The van der Waals surface area contributed by atoms with Crippen molar-refractivity contribution in [3.63, 3.8) is 0 Å². The summed E-state index contributed by atoms with van der Waals surface area (Å²) in [4.78, 5) is 0. The summed E-state index contributed by atoms with van der Waals surface area (Å²) in [5, 5.41) is 11.3. The summed E-state index contributed by atoms with van der Waals surface area (Å²) in [5.41, 5.74) is 1.20. The van der Waals surface area contributed by atoms with Gasteiger partial charge in [0.05, 0.1) is 17.8 Å². The minimum Gasteiger partial charge on any atom is -0.242 e. The van der Waals surface area contributed by atoms with Crippen LogP contribution in [0.5, 0.6) is 0 Å². The molecule has 1 aliphatic heterocycles. The molecule has 4 aliphatic rings. The predicted molar refractivity (Wildman–Crippen MR) is 73.7 cm³/mol. The van der Waals surface area contributed by atoms with Crippen LogP contribution < -0.4 is 5.01 Å². The number of nitrogens with zero attached hydrogens (tertiary/aromatic N) is 3. The number of fused-ring (bicyclic) bond motifs is 8. The topological polar surface area (TPSA) is 28.0 Å². The Morgan fingerprint density at radius 1 is 1.05 bits per heavy atom. The van der Waals surface area contributed by atoms with Crippen LogP contribution in [0.15, 0.2) is 52.8 Å². The van der Waals surface area contributed by atoms with Crippen LogP contribution in [0.25, 0.3) is 0 Å². The molecule has 0 N–H and O–H groups in total. The maximum absolute atomic E-state index is 4.62. The summed E-state index contributed by atoms with van der Waals surface area (Å²) in [6.45, 7) is 0. The Balaban J connectivity index is 1.53. The summed E-state index contributed by atoms with van der Waals surface area (Å²) < 4.78 is 0. The van der Waals surface area contributed by atoms with Gasteiger partial charge in [-0.25, -0.2) is 5.01 Å². The second kappa shape index (κ2) is 3.47. The molecule has 2 saturated carbocycles. The Morgan fingerprint density at radius 3 is 2.84 bits per heavy atom. The molecular formula is C16H17N3. The van der Waals surface area contributed by atoms with Crippen LogP contribution in [-0.2, 0) is 0 Å². The molecule has 96 valence electrons. The molecule has 0 unspecified atom stereocenters. The molecule has 19 heavy (non-hydrogen) atoms. The van der Waals surface area contributed by atoms with Gasteiger partial charge in [-0.05, 0) is 48.6 Å². The standard InChI is InChI=1S/C16H17N3/c1-2-5-10(6-3-1)19-16-14-9-13(15(16)17-18-19)11-7-4-8-12(11)14/h1-6,8,11-16H,7,9H2/t11-,12-,13+,14+,15-,16-/m1/s1. The first-order valence-electron chi connectivity index (χ1n) is 7.35. The SMILES string of the molecule is C1=C[C@@H]2[C@@H](C1)[C@@H]1C[C@@H]2[C@@H]2[C@@H]1N=NN2c1ccccc1. The molecule has 1 aromatic rings. The zero-order valence-corrected chi connectivity index (χ0v) is 10.8. The highest BCUT2D eigenvalue weighted by molar-refractivity contribution is 5.48. The molecule has 1 heterocycles. The molecule has 5 rings (SSSR count). The third kappa shape index (κ3) is 1.18. The van der Waals surface area contributed by atoms with Crippen LogP contribution in [0.3, 0.4) is 0 Å². The second-order valence-corrected chi connectivity index (χ2v) is 6.33. The van der Waals surface area contributed by atoms with Crippen LogP contribution in [0.1, 0.15) is 12.8 Å². The van der Waals surface area contributed by atoms with Crippen molar-refractivity contribution in [1.82, 2.24) is 0 Å². The Labute approximate surface area is 113 Å². The monoisotopic (exact) mass is 251 g/mol. The fourth-order valence-corrected chi connectivity index (χ4v) is 4.99. The van der Waals surface area contributed by atoms with Gasteiger partial charge in [-0.2, -0.15) is 5.11 Å². The Hall–Kier alpha value is -1.64. The van der Waals surface area contributed by atoms with E-state index in [0.717, 1.165) is 23.7 Å². The van der Waals surface area contributed by atoms with Gasteiger partial charge in [0.25, 0.3) is 0 Å². The fraction of sp³-hybridized carbons (Fsp3) is 0.500. The minimum atomic E-state index is 0.450. The highest BCUT2D eigenvalue weighted by Gasteiger charge is 2.61. The van der Waals surface area contributed by atoms with Crippen molar-refractivity contribution < 1.29 is 0 Å². The van der Waals surface area contributed by atoms with Crippen molar-refractivity contribution in [3.8, 4) is 0 Å². The lowest BCUT2D eigenvalue weighted by atomic mass is 9.76. The number of para-hydroxylation sites is 1. The average molecular weight is 251 g/mol. The van der Waals surface area contributed by atoms with Crippen LogP contribution in [-0.4, -0.2) is 12.1 Å². The third-order valence-electron chi connectivity index (χ3n) is 5.66. The van der Waals surface area contributed by atoms with E-state index in [1.807, 2.05) is 0 Å². The zero-order valence-electron chi connectivity index (χ0n) is 10.8. The number of hydrogen-bond donors (Lipinski definition) is 0. The smallest absolute Gasteiger partial charge is 0.0988 e. The molecule has 2 bridgehead atoms. The molecule has 3 aliphatic carbocycles. The molecule has 0 amide bonds. The van der Waals surface area contributed by atoms with E-state index >= 15 is 0 Å². The van der Waals surface area contributed by atoms with Gasteiger partial charge in [-0.3, -0.25) is 0 Å².